The Bertz CT molecular complexity index is 863. The third kappa shape index (κ3) is 4.94. The quantitative estimate of drug-likeness (QED) is 0.450. The van der Waals surface area contributed by atoms with Gasteiger partial charge in [0, 0.05) is 11.8 Å². The molecule has 9 heteroatoms. The molecule has 1 amide bonds. The summed E-state index contributed by atoms with van der Waals surface area (Å²) >= 11 is 0. The molecule has 1 N–H and O–H groups in total. The van der Waals surface area contributed by atoms with E-state index in [0.717, 1.165) is 17.7 Å². The second-order valence-electron chi connectivity index (χ2n) is 5.47. The van der Waals surface area contributed by atoms with Crippen molar-refractivity contribution in [2.75, 3.05) is 26.1 Å². The van der Waals surface area contributed by atoms with E-state index in [4.69, 9.17) is 14.2 Å². The van der Waals surface area contributed by atoms with Crippen LogP contribution in [0.3, 0.4) is 0 Å². The number of nitrogens with one attached hydrogen (secondary N) is 1. The van der Waals surface area contributed by atoms with Gasteiger partial charge in [-0.25, -0.2) is 4.79 Å². The standard InChI is InChI=1S/C18H18N2O7/c1-11-4-6-12(7-5-11)19-17(21)10-27-18(22)13-8-15(25-2)16(26-3)9-14(13)20(23)24/h4-9H,10H2,1-3H3,(H,19,21). The van der Waals surface area contributed by atoms with Gasteiger partial charge in [-0.3, -0.25) is 14.9 Å². The highest BCUT2D eigenvalue weighted by Crippen LogP contribution is 2.34. The lowest BCUT2D eigenvalue weighted by molar-refractivity contribution is -0.385. The van der Waals surface area contributed by atoms with E-state index in [1.54, 1.807) is 12.1 Å². The first-order valence-corrected chi connectivity index (χ1v) is 7.79. The smallest absolute Gasteiger partial charge is 0.345 e. The fourth-order valence-corrected chi connectivity index (χ4v) is 2.23. The number of aryl methyl sites for hydroxylation is 1. The van der Waals surface area contributed by atoms with E-state index in [0.29, 0.717) is 5.69 Å². The predicted octanol–water partition coefficient (Wildman–Crippen LogP) is 2.72. The van der Waals surface area contributed by atoms with Gasteiger partial charge in [0.15, 0.2) is 18.1 Å². The van der Waals surface area contributed by atoms with E-state index in [-0.39, 0.29) is 17.1 Å². The van der Waals surface area contributed by atoms with Crippen LogP contribution in [-0.4, -0.2) is 37.6 Å². The molecule has 2 aromatic rings. The minimum Gasteiger partial charge on any atom is -0.493 e. The van der Waals surface area contributed by atoms with Gasteiger partial charge in [-0.1, -0.05) is 17.7 Å². The van der Waals surface area contributed by atoms with Crippen LogP contribution < -0.4 is 14.8 Å². The Hall–Kier alpha value is -3.62. The number of nitro benzene ring substituents is 1. The number of carbonyl (C=O) groups is 2. The first kappa shape index (κ1) is 19.7. The van der Waals surface area contributed by atoms with Crippen LogP contribution in [-0.2, 0) is 9.53 Å². The molecule has 0 radical (unpaired) electrons. The molecule has 0 aliphatic rings. The Kier molecular flexibility index (Phi) is 6.32. The number of amides is 1. The Morgan fingerprint density at radius 3 is 2.22 bits per heavy atom. The topological polar surface area (TPSA) is 117 Å². The van der Waals surface area contributed by atoms with E-state index in [1.807, 2.05) is 19.1 Å². The molecule has 2 rings (SSSR count). The van der Waals surface area contributed by atoms with Crippen molar-refractivity contribution in [2.45, 2.75) is 6.92 Å². The fraction of sp³-hybridized carbons (Fsp3) is 0.222. The molecule has 0 spiro atoms. The predicted molar refractivity (Wildman–Crippen MR) is 96.3 cm³/mol. The summed E-state index contributed by atoms with van der Waals surface area (Å²) in [6, 6.07) is 9.23. The maximum atomic E-state index is 12.2. The highest BCUT2D eigenvalue weighted by Gasteiger charge is 2.26. The van der Waals surface area contributed by atoms with Gasteiger partial charge in [0.25, 0.3) is 11.6 Å². The van der Waals surface area contributed by atoms with Gasteiger partial charge in [0.1, 0.15) is 5.56 Å². The molecule has 2 aromatic carbocycles. The third-order valence-electron chi connectivity index (χ3n) is 3.59. The minimum atomic E-state index is -1.03. The molecule has 9 nitrogen and oxygen atoms in total. The summed E-state index contributed by atoms with van der Waals surface area (Å²) in [5.74, 6) is -1.38. The molecule has 0 heterocycles. The number of nitro groups is 1. The van der Waals surface area contributed by atoms with Crippen molar-refractivity contribution in [3.05, 3.63) is 57.6 Å². The van der Waals surface area contributed by atoms with Crippen molar-refractivity contribution in [1.82, 2.24) is 0 Å². The van der Waals surface area contributed by atoms with E-state index < -0.39 is 29.1 Å². The van der Waals surface area contributed by atoms with Crippen LogP contribution in [0.2, 0.25) is 0 Å². The molecule has 0 saturated carbocycles. The Labute approximate surface area is 155 Å². The zero-order valence-corrected chi connectivity index (χ0v) is 15.0. The van der Waals surface area contributed by atoms with Crippen molar-refractivity contribution < 1.29 is 28.7 Å². The number of esters is 1. The summed E-state index contributed by atoms with van der Waals surface area (Å²) in [4.78, 5) is 34.6. The van der Waals surface area contributed by atoms with Gasteiger partial charge < -0.3 is 19.5 Å². The maximum Gasteiger partial charge on any atom is 0.345 e. The van der Waals surface area contributed by atoms with Crippen molar-refractivity contribution in [3.8, 4) is 11.5 Å². The first-order chi connectivity index (χ1) is 12.8. The molecule has 142 valence electrons. The summed E-state index contributed by atoms with van der Waals surface area (Å²) in [6.07, 6.45) is 0. The summed E-state index contributed by atoms with van der Waals surface area (Å²) in [5.41, 5.74) is 0.705. The zero-order valence-electron chi connectivity index (χ0n) is 15.0. The molecular weight excluding hydrogens is 356 g/mol. The molecule has 0 atom stereocenters. The number of benzene rings is 2. The largest absolute Gasteiger partial charge is 0.493 e. The summed E-state index contributed by atoms with van der Waals surface area (Å²) in [5, 5.41) is 13.8. The van der Waals surface area contributed by atoms with Crippen LogP contribution in [0.25, 0.3) is 0 Å². The number of rotatable bonds is 7. The van der Waals surface area contributed by atoms with Gasteiger partial charge in [0.2, 0.25) is 0 Å². The van der Waals surface area contributed by atoms with Crippen LogP contribution in [0.15, 0.2) is 36.4 Å². The van der Waals surface area contributed by atoms with Crippen LogP contribution >= 0.6 is 0 Å². The second kappa shape index (κ2) is 8.65. The summed E-state index contributed by atoms with van der Waals surface area (Å²) < 4.78 is 14.9. The van der Waals surface area contributed by atoms with Crippen LogP contribution in [0.1, 0.15) is 15.9 Å². The first-order valence-electron chi connectivity index (χ1n) is 7.79. The number of methoxy groups -OCH3 is 2. The molecule has 0 saturated heterocycles. The zero-order chi connectivity index (χ0) is 20.0. The van der Waals surface area contributed by atoms with Crippen molar-refractivity contribution >= 4 is 23.3 Å². The Morgan fingerprint density at radius 2 is 1.67 bits per heavy atom. The molecule has 0 aromatic heterocycles. The molecule has 27 heavy (non-hydrogen) atoms. The van der Waals surface area contributed by atoms with E-state index in [1.165, 1.54) is 14.2 Å². The highest BCUT2D eigenvalue weighted by atomic mass is 16.6. The number of carbonyl (C=O) groups excluding carboxylic acids is 2. The average Bonchev–Trinajstić information content (AvgIpc) is 2.66. The maximum absolute atomic E-state index is 12.2. The lowest BCUT2D eigenvalue weighted by Gasteiger charge is -2.10. The van der Waals surface area contributed by atoms with Crippen molar-refractivity contribution in [2.24, 2.45) is 0 Å². The molecule has 0 bridgehead atoms. The number of anilines is 1. The number of hydrogen-bond donors (Lipinski definition) is 1. The van der Waals surface area contributed by atoms with Gasteiger partial charge in [0.05, 0.1) is 25.2 Å². The van der Waals surface area contributed by atoms with Crippen LogP contribution in [0, 0.1) is 17.0 Å². The normalized spacial score (nSPS) is 10.0. The van der Waals surface area contributed by atoms with Gasteiger partial charge >= 0.3 is 5.97 Å². The Balaban J connectivity index is 2.11. The third-order valence-corrected chi connectivity index (χ3v) is 3.59. The molecule has 0 fully saturated rings. The SMILES string of the molecule is COc1cc(C(=O)OCC(=O)Nc2ccc(C)cc2)c([N+](=O)[O-])cc1OC. The summed E-state index contributed by atoms with van der Waals surface area (Å²) in [7, 11) is 2.64. The van der Waals surface area contributed by atoms with Crippen molar-refractivity contribution in [3.63, 3.8) is 0 Å². The van der Waals surface area contributed by atoms with Crippen LogP contribution in [0.5, 0.6) is 11.5 Å². The number of hydrogen-bond acceptors (Lipinski definition) is 7. The molecule has 0 aliphatic heterocycles. The lowest BCUT2D eigenvalue weighted by atomic mass is 10.1. The lowest BCUT2D eigenvalue weighted by Crippen LogP contribution is -2.21. The van der Waals surface area contributed by atoms with Gasteiger partial charge in [-0.05, 0) is 19.1 Å². The number of nitrogens with zero attached hydrogens (tertiary/aromatic N) is 1. The highest BCUT2D eigenvalue weighted by molar-refractivity contribution is 5.98. The van der Waals surface area contributed by atoms with E-state index in [9.17, 15) is 19.7 Å². The molecule has 0 unspecified atom stereocenters. The monoisotopic (exact) mass is 374 g/mol. The minimum absolute atomic E-state index is 0.0952. The molecule has 0 aliphatic carbocycles. The van der Waals surface area contributed by atoms with Crippen LogP contribution in [0.4, 0.5) is 11.4 Å². The molecular formula is C18H18N2O7. The Morgan fingerprint density at radius 1 is 1.07 bits per heavy atom. The van der Waals surface area contributed by atoms with E-state index >= 15 is 0 Å². The summed E-state index contributed by atoms with van der Waals surface area (Å²) in [6.45, 7) is 1.31. The second-order valence-corrected chi connectivity index (χ2v) is 5.47. The average molecular weight is 374 g/mol. The van der Waals surface area contributed by atoms with Gasteiger partial charge in [-0.2, -0.15) is 0 Å². The fourth-order valence-electron chi connectivity index (χ4n) is 2.23. The van der Waals surface area contributed by atoms with Crippen molar-refractivity contribution in [1.29, 1.82) is 0 Å². The van der Waals surface area contributed by atoms with E-state index in [2.05, 4.69) is 5.32 Å². The van der Waals surface area contributed by atoms with Gasteiger partial charge in [-0.15, -0.1) is 0 Å². The number of ether oxygens (including phenoxy) is 3.